The van der Waals surface area contributed by atoms with Crippen molar-refractivity contribution in [3.05, 3.63) is 58.9 Å². The molecule has 2 aromatic carbocycles. The van der Waals surface area contributed by atoms with Crippen LogP contribution in [0.2, 0.25) is 5.02 Å². The Hall–Kier alpha value is -2.20. The second kappa shape index (κ2) is 10.2. The largest absolute Gasteiger partial charge is 0.488 e. The number of halogens is 2. The zero-order valence-corrected chi connectivity index (χ0v) is 20.7. The Labute approximate surface area is 204 Å². The lowest BCUT2D eigenvalue weighted by Crippen LogP contribution is -2.68. The normalized spacial score (nSPS) is 23.9. The first-order valence-corrected chi connectivity index (χ1v) is 13.4. The molecule has 0 spiro atoms. The molecule has 2 amide bonds. The third-order valence-corrected chi connectivity index (χ3v) is 8.48. The van der Waals surface area contributed by atoms with Gasteiger partial charge in [0.2, 0.25) is 0 Å². The number of amides is 2. The van der Waals surface area contributed by atoms with Gasteiger partial charge in [-0.2, -0.15) is 4.72 Å². The average Bonchev–Trinajstić information content (AvgIpc) is 2.82. The Bertz CT molecular complexity index is 1130. The van der Waals surface area contributed by atoms with E-state index in [0.29, 0.717) is 31.7 Å². The fraction of sp³-hybridized carbons (Fsp3) is 0.458. The number of hydrogen-bond donors (Lipinski definition) is 2. The number of hydrogen-bond acceptors (Lipinski definition) is 5. The lowest BCUT2D eigenvalue weighted by atomic mass is 9.96. The summed E-state index contributed by atoms with van der Waals surface area (Å²) in [6.07, 6.45) is 2.48. The number of carbonyl (C=O) groups excluding carboxylic acids is 1. The Balaban J connectivity index is 1.52. The highest BCUT2D eigenvalue weighted by molar-refractivity contribution is 7.90. The van der Waals surface area contributed by atoms with Crippen molar-refractivity contribution in [1.82, 2.24) is 10.0 Å². The Morgan fingerprint density at radius 1 is 1.09 bits per heavy atom. The van der Waals surface area contributed by atoms with Gasteiger partial charge in [-0.05, 0) is 37.3 Å². The van der Waals surface area contributed by atoms with Gasteiger partial charge in [-0.25, -0.2) is 22.1 Å². The van der Waals surface area contributed by atoms with Crippen LogP contribution in [0.15, 0.2) is 47.4 Å². The fourth-order valence-corrected chi connectivity index (χ4v) is 6.13. The van der Waals surface area contributed by atoms with Crippen molar-refractivity contribution in [3.8, 4) is 5.75 Å². The number of quaternary nitrogens is 1. The fourth-order valence-electron chi connectivity index (χ4n) is 4.89. The van der Waals surface area contributed by atoms with E-state index in [1.54, 1.807) is 12.1 Å². The molecule has 0 saturated carbocycles. The van der Waals surface area contributed by atoms with Crippen LogP contribution in [0.1, 0.15) is 31.2 Å². The predicted octanol–water partition coefficient (Wildman–Crippen LogP) is 4.00. The van der Waals surface area contributed by atoms with Crippen molar-refractivity contribution >= 4 is 27.7 Å². The second-order valence-corrected chi connectivity index (χ2v) is 11.2. The van der Waals surface area contributed by atoms with Crippen LogP contribution in [0.5, 0.6) is 5.75 Å². The smallest absolute Gasteiger partial charge is 0.430 e. The quantitative estimate of drug-likeness (QED) is 0.594. The number of urea groups is 1. The first-order valence-electron chi connectivity index (χ1n) is 11.5. The Kier molecular flexibility index (Phi) is 7.47. The highest BCUT2D eigenvalue weighted by Crippen LogP contribution is 2.33. The molecule has 184 valence electrons. The van der Waals surface area contributed by atoms with E-state index in [-0.39, 0.29) is 26.5 Å². The summed E-state index contributed by atoms with van der Waals surface area (Å²) in [6, 6.07) is 9.96. The number of carbonyl (C=O) groups is 1. The summed E-state index contributed by atoms with van der Waals surface area (Å²) < 4.78 is 47.7. The average molecular weight is 511 g/mol. The van der Waals surface area contributed by atoms with Gasteiger partial charge in [0.25, 0.3) is 10.0 Å². The molecule has 10 heteroatoms. The van der Waals surface area contributed by atoms with Crippen molar-refractivity contribution in [3.63, 3.8) is 0 Å². The van der Waals surface area contributed by atoms with Crippen LogP contribution >= 0.6 is 11.6 Å². The maximum atomic E-state index is 13.6. The molecule has 2 aromatic rings. The summed E-state index contributed by atoms with van der Waals surface area (Å²) in [4.78, 5) is 13.7. The van der Waals surface area contributed by atoms with E-state index in [1.807, 2.05) is 6.92 Å². The van der Waals surface area contributed by atoms with Crippen LogP contribution in [0.4, 0.5) is 9.18 Å². The molecule has 2 heterocycles. The zero-order valence-electron chi connectivity index (χ0n) is 19.1. The first kappa shape index (κ1) is 24.9. The number of nitrogens with one attached hydrogen (secondary N) is 2. The SMILES string of the molecule is Cc1ccc(S(=O)(=O)NC(=O)[N+]2(C3CCNCC3)CCC(Oc3ccc(F)cc3Cl)CC2)cc1. The van der Waals surface area contributed by atoms with Gasteiger partial charge >= 0.3 is 6.03 Å². The minimum absolute atomic E-state index is 0.0184. The third kappa shape index (κ3) is 5.38. The maximum Gasteiger partial charge on any atom is 0.430 e. The van der Waals surface area contributed by atoms with Crippen LogP contribution in [-0.4, -0.2) is 57.3 Å². The van der Waals surface area contributed by atoms with Crippen LogP contribution in [0.25, 0.3) is 0 Å². The Morgan fingerprint density at radius 2 is 1.74 bits per heavy atom. The molecule has 0 atom stereocenters. The zero-order chi connectivity index (χ0) is 24.3. The number of ether oxygens (including phenoxy) is 1. The second-order valence-electron chi connectivity index (χ2n) is 9.08. The lowest BCUT2D eigenvalue weighted by Gasteiger charge is -2.47. The standard InChI is InChI=1S/C24H29ClFN3O4S/c1-17-2-5-21(6-3-17)34(31,32)28-24(30)29(19-8-12-27-13-9-19)14-10-20(11-15-29)33-23-7-4-18(26)16-22(23)25/h2-7,16,19-20,27H,8-15H2,1H3/p+1. The van der Waals surface area contributed by atoms with E-state index < -0.39 is 21.9 Å². The van der Waals surface area contributed by atoms with Gasteiger partial charge in [0.1, 0.15) is 17.7 Å². The van der Waals surface area contributed by atoms with Crippen molar-refractivity contribution in [2.24, 2.45) is 0 Å². The Morgan fingerprint density at radius 3 is 2.35 bits per heavy atom. The van der Waals surface area contributed by atoms with Gasteiger partial charge in [0.05, 0.1) is 29.0 Å². The molecule has 2 fully saturated rings. The molecule has 0 aromatic heterocycles. The number of sulfonamides is 1. The minimum Gasteiger partial charge on any atom is -0.488 e. The molecule has 2 aliphatic heterocycles. The van der Waals surface area contributed by atoms with Gasteiger partial charge in [-0.3, -0.25) is 0 Å². The number of nitrogens with zero attached hydrogens (tertiary/aromatic N) is 1. The topological polar surface area (TPSA) is 84.5 Å². The highest BCUT2D eigenvalue weighted by atomic mass is 35.5. The molecular formula is C24H30ClFN3O4S+. The number of rotatable bonds is 5. The molecule has 2 aliphatic rings. The van der Waals surface area contributed by atoms with Gasteiger partial charge in [0.15, 0.2) is 0 Å². The van der Waals surface area contributed by atoms with Crippen LogP contribution in [-0.2, 0) is 10.0 Å². The summed E-state index contributed by atoms with van der Waals surface area (Å²) in [6.45, 7) is 4.34. The van der Waals surface area contributed by atoms with Crippen molar-refractivity contribution in [2.75, 3.05) is 26.2 Å². The number of likely N-dealkylation sites (tertiary alicyclic amines) is 1. The first-order chi connectivity index (χ1) is 16.2. The molecule has 2 N–H and O–H groups in total. The lowest BCUT2D eigenvalue weighted by molar-refractivity contribution is -0.882. The van der Waals surface area contributed by atoms with Crippen molar-refractivity contribution < 1.29 is 26.8 Å². The molecule has 2 saturated heterocycles. The summed E-state index contributed by atoms with van der Waals surface area (Å²) in [5, 5.41) is 3.51. The summed E-state index contributed by atoms with van der Waals surface area (Å²) in [5.74, 6) is -0.0321. The van der Waals surface area contributed by atoms with Gasteiger partial charge < -0.3 is 10.1 Å². The molecule has 0 radical (unpaired) electrons. The van der Waals surface area contributed by atoms with E-state index >= 15 is 0 Å². The molecule has 4 rings (SSSR count). The molecule has 0 bridgehead atoms. The predicted molar refractivity (Wildman–Crippen MR) is 128 cm³/mol. The summed E-state index contributed by atoms with van der Waals surface area (Å²) in [7, 11) is -3.99. The minimum atomic E-state index is -3.99. The molecule has 34 heavy (non-hydrogen) atoms. The van der Waals surface area contributed by atoms with E-state index in [2.05, 4.69) is 10.0 Å². The monoisotopic (exact) mass is 510 g/mol. The molecule has 7 nitrogen and oxygen atoms in total. The van der Waals surface area contributed by atoms with Crippen molar-refractivity contribution in [2.45, 2.75) is 49.6 Å². The molecule has 0 aliphatic carbocycles. The molecule has 0 unspecified atom stereocenters. The van der Waals surface area contributed by atoms with Gasteiger partial charge in [-0.15, -0.1) is 0 Å². The maximum absolute atomic E-state index is 13.6. The van der Waals surface area contributed by atoms with Crippen molar-refractivity contribution in [1.29, 1.82) is 0 Å². The highest BCUT2D eigenvalue weighted by Gasteiger charge is 2.49. The summed E-state index contributed by atoms with van der Waals surface area (Å²) in [5.41, 5.74) is 0.937. The van der Waals surface area contributed by atoms with Gasteiger partial charge in [-0.1, -0.05) is 29.3 Å². The van der Waals surface area contributed by atoms with Crippen LogP contribution < -0.4 is 14.8 Å². The van der Waals surface area contributed by atoms with Crippen LogP contribution in [0.3, 0.4) is 0 Å². The summed E-state index contributed by atoms with van der Waals surface area (Å²) >= 11 is 6.11. The van der Waals surface area contributed by atoms with Crippen LogP contribution in [0, 0.1) is 12.7 Å². The van der Waals surface area contributed by atoms with E-state index in [4.69, 9.17) is 16.3 Å². The number of aryl methyl sites for hydroxylation is 1. The van der Waals surface area contributed by atoms with E-state index in [0.717, 1.165) is 31.5 Å². The molecular weight excluding hydrogens is 481 g/mol. The van der Waals surface area contributed by atoms with E-state index in [1.165, 1.54) is 30.3 Å². The number of benzene rings is 2. The third-order valence-electron chi connectivity index (χ3n) is 6.85. The van der Waals surface area contributed by atoms with E-state index in [9.17, 15) is 17.6 Å². The number of piperidine rings is 2. The van der Waals surface area contributed by atoms with Gasteiger partial charge in [0, 0.05) is 38.8 Å².